The van der Waals surface area contributed by atoms with Crippen LogP contribution in [0, 0.1) is 13.8 Å². The van der Waals surface area contributed by atoms with Crippen LogP contribution in [-0.2, 0) is 21.4 Å². The fourth-order valence-electron chi connectivity index (χ4n) is 2.85. The summed E-state index contributed by atoms with van der Waals surface area (Å²) in [6.07, 6.45) is 4.54. The highest BCUT2D eigenvalue weighted by Gasteiger charge is 2.29. The van der Waals surface area contributed by atoms with Gasteiger partial charge in [-0.05, 0) is 43.9 Å². The molecule has 0 aliphatic carbocycles. The highest BCUT2D eigenvalue weighted by Crippen LogP contribution is 2.19. The first-order chi connectivity index (χ1) is 11.9. The first-order valence-corrected chi connectivity index (χ1v) is 9.69. The second-order valence-electron chi connectivity index (χ2n) is 6.36. The molecule has 25 heavy (non-hydrogen) atoms. The van der Waals surface area contributed by atoms with Crippen molar-refractivity contribution in [2.45, 2.75) is 38.3 Å². The molecule has 0 atom stereocenters. The molecule has 1 N–H and O–H groups in total. The Labute approximate surface area is 147 Å². The Bertz CT molecular complexity index is 883. The van der Waals surface area contributed by atoms with Crippen LogP contribution in [0.1, 0.15) is 24.0 Å². The maximum absolute atomic E-state index is 12.5. The Balaban J connectivity index is 1.68. The average Bonchev–Trinajstić information content (AvgIpc) is 3.22. The van der Waals surface area contributed by atoms with Crippen LogP contribution in [0.4, 0.5) is 5.69 Å². The second-order valence-corrected chi connectivity index (χ2v) is 8.25. The van der Waals surface area contributed by atoms with Crippen molar-refractivity contribution < 1.29 is 13.2 Å². The lowest BCUT2D eigenvalue weighted by atomic mass is 10.1. The summed E-state index contributed by atoms with van der Waals surface area (Å²) in [6.45, 7) is 4.95. The van der Waals surface area contributed by atoms with E-state index in [0.717, 1.165) is 29.7 Å². The summed E-state index contributed by atoms with van der Waals surface area (Å²) < 4.78 is 27.8. The summed E-state index contributed by atoms with van der Waals surface area (Å²) in [5.74, 6) is -0.226. The monoisotopic (exact) mass is 362 g/mol. The molecule has 1 saturated heterocycles. The molecule has 7 nitrogen and oxygen atoms in total. The van der Waals surface area contributed by atoms with E-state index in [9.17, 15) is 13.2 Å². The molecule has 2 aromatic rings. The number of rotatable bonds is 5. The Morgan fingerprint density at radius 3 is 2.68 bits per heavy atom. The number of imidazole rings is 1. The van der Waals surface area contributed by atoms with Crippen LogP contribution in [0.2, 0.25) is 0 Å². The van der Waals surface area contributed by atoms with Gasteiger partial charge >= 0.3 is 0 Å². The van der Waals surface area contributed by atoms with E-state index in [0.29, 0.717) is 13.1 Å². The summed E-state index contributed by atoms with van der Waals surface area (Å²) in [5.41, 5.74) is 2.79. The van der Waals surface area contributed by atoms with Crippen molar-refractivity contribution in [3.05, 3.63) is 41.9 Å². The lowest BCUT2D eigenvalue weighted by molar-refractivity contribution is -0.116. The lowest BCUT2D eigenvalue weighted by Gasteiger charge is -2.12. The highest BCUT2D eigenvalue weighted by atomic mass is 32.2. The number of aryl methyl sites for hydroxylation is 2. The summed E-state index contributed by atoms with van der Waals surface area (Å²) in [7, 11) is -3.56. The molecule has 0 spiro atoms. The van der Waals surface area contributed by atoms with Crippen molar-refractivity contribution in [2.75, 3.05) is 18.4 Å². The number of benzene rings is 1. The van der Waals surface area contributed by atoms with Crippen molar-refractivity contribution in [1.29, 1.82) is 0 Å². The van der Waals surface area contributed by atoms with Crippen molar-refractivity contribution >= 4 is 21.6 Å². The number of sulfonamides is 1. The van der Waals surface area contributed by atoms with E-state index in [1.165, 1.54) is 21.4 Å². The molecule has 8 heteroatoms. The van der Waals surface area contributed by atoms with Gasteiger partial charge in [0.25, 0.3) is 10.0 Å². The molecule has 2 heterocycles. The SMILES string of the molecule is Cc1ccc(C)c(NC(=O)Cn2cnc(S(=O)(=O)N3CCCC3)c2)c1. The number of nitrogens with one attached hydrogen (secondary N) is 1. The fraction of sp³-hybridized carbons (Fsp3) is 0.412. The van der Waals surface area contributed by atoms with E-state index in [1.54, 1.807) is 0 Å². The van der Waals surface area contributed by atoms with Crippen LogP contribution in [-0.4, -0.2) is 41.3 Å². The van der Waals surface area contributed by atoms with Crippen LogP contribution < -0.4 is 5.32 Å². The van der Waals surface area contributed by atoms with Gasteiger partial charge in [0.05, 0.1) is 6.33 Å². The molecule has 1 aliphatic heterocycles. The second kappa shape index (κ2) is 6.97. The molecule has 1 fully saturated rings. The van der Waals surface area contributed by atoms with Crippen molar-refractivity contribution in [3.8, 4) is 0 Å². The molecule has 1 amide bonds. The van der Waals surface area contributed by atoms with Crippen molar-refractivity contribution in [2.24, 2.45) is 0 Å². The van der Waals surface area contributed by atoms with Gasteiger partial charge in [0.1, 0.15) is 6.54 Å². The normalized spacial score (nSPS) is 15.4. The molecule has 0 radical (unpaired) electrons. The molecule has 0 bridgehead atoms. The Hall–Kier alpha value is -2.19. The zero-order valence-corrected chi connectivity index (χ0v) is 15.2. The van der Waals surface area contributed by atoms with E-state index >= 15 is 0 Å². The van der Waals surface area contributed by atoms with Crippen LogP contribution in [0.15, 0.2) is 35.7 Å². The number of carbonyl (C=O) groups excluding carboxylic acids is 1. The van der Waals surface area contributed by atoms with Gasteiger partial charge in [-0.25, -0.2) is 13.4 Å². The highest BCUT2D eigenvalue weighted by molar-refractivity contribution is 7.89. The maximum Gasteiger partial charge on any atom is 0.262 e. The van der Waals surface area contributed by atoms with Gasteiger partial charge in [-0.1, -0.05) is 12.1 Å². The zero-order valence-electron chi connectivity index (χ0n) is 14.4. The Morgan fingerprint density at radius 2 is 1.96 bits per heavy atom. The third kappa shape index (κ3) is 3.91. The number of aromatic nitrogens is 2. The minimum Gasteiger partial charge on any atom is -0.327 e. The van der Waals surface area contributed by atoms with Crippen molar-refractivity contribution in [1.82, 2.24) is 13.9 Å². The molecule has 1 aliphatic rings. The van der Waals surface area contributed by atoms with E-state index < -0.39 is 10.0 Å². The average molecular weight is 362 g/mol. The number of nitrogens with zero attached hydrogens (tertiary/aromatic N) is 3. The molecule has 134 valence electrons. The van der Waals surface area contributed by atoms with E-state index in [1.807, 2.05) is 32.0 Å². The van der Waals surface area contributed by atoms with E-state index in [4.69, 9.17) is 0 Å². The fourth-order valence-corrected chi connectivity index (χ4v) is 4.30. The number of carbonyl (C=O) groups is 1. The molecular formula is C17H22N4O3S. The summed E-state index contributed by atoms with van der Waals surface area (Å²) >= 11 is 0. The largest absolute Gasteiger partial charge is 0.327 e. The predicted octanol–water partition coefficient (Wildman–Crippen LogP) is 1.92. The quantitative estimate of drug-likeness (QED) is 0.881. The Kier molecular flexibility index (Phi) is 4.91. The third-order valence-electron chi connectivity index (χ3n) is 4.27. The van der Waals surface area contributed by atoms with Gasteiger partial charge in [0.2, 0.25) is 5.91 Å². The number of hydrogen-bond acceptors (Lipinski definition) is 4. The number of anilines is 1. The first-order valence-electron chi connectivity index (χ1n) is 8.25. The minimum atomic E-state index is -3.56. The smallest absolute Gasteiger partial charge is 0.262 e. The van der Waals surface area contributed by atoms with Gasteiger partial charge in [-0.15, -0.1) is 0 Å². The third-order valence-corrected chi connectivity index (χ3v) is 6.06. The summed E-state index contributed by atoms with van der Waals surface area (Å²) in [4.78, 5) is 16.2. The summed E-state index contributed by atoms with van der Waals surface area (Å²) in [5, 5.41) is 2.85. The number of amides is 1. The van der Waals surface area contributed by atoms with Crippen LogP contribution >= 0.6 is 0 Å². The van der Waals surface area contributed by atoms with Gasteiger partial charge in [-0.2, -0.15) is 4.31 Å². The van der Waals surface area contributed by atoms with Gasteiger partial charge in [0.15, 0.2) is 5.03 Å². The molecule has 0 unspecified atom stereocenters. The molecule has 1 aromatic heterocycles. The standard InChI is InChI=1S/C17H22N4O3S/c1-13-5-6-14(2)15(9-13)19-16(22)10-20-11-17(18-12-20)25(23,24)21-7-3-4-8-21/h5-6,9,11-12H,3-4,7-8,10H2,1-2H3,(H,19,22). The minimum absolute atomic E-state index is 0.00561. The summed E-state index contributed by atoms with van der Waals surface area (Å²) in [6, 6.07) is 5.84. The van der Waals surface area contributed by atoms with Crippen LogP contribution in [0.5, 0.6) is 0 Å². The predicted molar refractivity (Wildman–Crippen MR) is 94.8 cm³/mol. The Morgan fingerprint density at radius 1 is 1.24 bits per heavy atom. The molecule has 0 saturated carbocycles. The van der Waals surface area contributed by atoms with Gasteiger partial charge in [-0.3, -0.25) is 4.79 Å². The van der Waals surface area contributed by atoms with Crippen molar-refractivity contribution in [3.63, 3.8) is 0 Å². The van der Waals surface area contributed by atoms with Gasteiger partial charge < -0.3 is 9.88 Å². The first kappa shape index (κ1) is 17.6. The number of hydrogen-bond donors (Lipinski definition) is 1. The molecule has 1 aromatic carbocycles. The zero-order chi connectivity index (χ0) is 18.0. The topological polar surface area (TPSA) is 84.3 Å². The van der Waals surface area contributed by atoms with Crippen LogP contribution in [0.25, 0.3) is 0 Å². The van der Waals surface area contributed by atoms with Gasteiger partial charge in [0, 0.05) is 25.0 Å². The van der Waals surface area contributed by atoms with E-state index in [2.05, 4.69) is 10.3 Å². The van der Waals surface area contributed by atoms with Crippen LogP contribution in [0.3, 0.4) is 0 Å². The van der Waals surface area contributed by atoms with E-state index in [-0.39, 0.29) is 17.5 Å². The molecule has 3 rings (SSSR count). The molecular weight excluding hydrogens is 340 g/mol. The lowest BCUT2D eigenvalue weighted by Crippen LogP contribution is -2.28. The maximum atomic E-state index is 12.5.